The molecule has 3 aromatic rings. The Morgan fingerprint density at radius 2 is 1.65 bits per heavy atom. The number of H-pyrrole nitrogens is 2. The SMILES string of the molecule is CCCC1=C(C=O)c2cc3[n-]c(cc4[nH+]c(c5c6[n-]c(cc1[nH+]2)c(CC)c6C(=O)C5)[C@@H](CCC(=O)OC/C=C(\C)CC/C=C(\C)CCC=C(C)C)[C@@H]4C)c(C)c3[C@@H](C)O.[Mg+2]. The molecule has 6 rings (SSSR count). The second-order valence-corrected chi connectivity index (χ2v) is 16.9. The van der Waals surface area contributed by atoms with Gasteiger partial charge in [0.15, 0.2) is 23.5 Å². The first-order valence-corrected chi connectivity index (χ1v) is 21.6. The van der Waals surface area contributed by atoms with Gasteiger partial charge in [0.1, 0.15) is 6.61 Å². The maximum Gasteiger partial charge on any atom is 2.00 e. The minimum atomic E-state index is -0.798. The fraction of sp³-hybridized carbons (Fsp3) is 0.460. The number of aromatic nitrogens is 4. The first kappa shape index (κ1) is 46.7. The van der Waals surface area contributed by atoms with Gasteiger partial charge in [-0.3, -0.25) is 14.4 Å². The summed E-state index contributed by atoms with van der Waals surface area (Å²) in [5.74, 6) is -0.369. The number of ketones is 1. The summed E-state index contributed by atoms with van der Waals surface area (Å²) in [7, 11) is 0. The van der Waals surface area contributed by atoms with Crippen molar-refractivity contribution < 1.29 is 34.2 Å². The van der Waals surface area contributed by atoms with Crippen LogP contribution >= 0.6 is 0 Å². The summed E-state index contributed by atoms with van der Waals surface area (Å²) >= 11 is 0. The van der Waals surface area contributed by atoms with Gasteiger partial charge >= 0.3 is 29.0 Å². The first-order chi connectivity index (χ1) is 28.3. The van der Waals surface area contributed by atoms with Crippen LogP contribution in [0.1, 0.15) is 180 Å². The Labute approximate surface area is 371 Å². The van der Waals surface area contributed by atoms with Crippen molar-refractivity contribution in [3.8, 4) is 0 Å². The van der Waals surface area contributed by atoms with E-state index < -0.39 is 6.10 Å². The van der Waals surface area contributed by atoms with E-state index in [0.717, 1.165) is 77.7 Å². The number of aliphatic hydroxyl groups excluding tert-OH is 1. The summed E-state index contributed by atoms with van der Waals surface area (Å²) in [5, 5.41) is 11.0. The van der Waals surface area contributed by atoms with Gasteiger partial charge < -0.3 is 19.8 Å². The maximum absolute atomic E-state index is 13.9. The van der Waals surface area contributed by atoms with Crippen LogP contribution in [-0.4, -0.2) is 52.8 Å². The fourth-order valence-corrected chi connectivity index (χ4v) is 9.01. The third-order valence-corrected chi connectivity index (χ3v) is 12.3. The van der Waals surface area contributed by atoms with Crippen LogP contribution in [0.3, 0.4) is 0 Å². The van der Waals surface area contributed by atoms with Crippen LogP contribution < -0.4 is 19.9 Å². The van der Waals surface area contributed by atoms with Gasteiger partial charge in [-0.1, -0.05) is 67.2 Å². The second kappa shape index (κ2) is 20.5. The van der Waals surface area contributed by atoms with Crippen LogP contribution in [0.15, 0.2) is 53.1 Å². The molecule has 0 amide bonds. The van der Waals surface area contributed by atoms with Crippen LogP contribution in [0.25, 0.3) is 33.2 Å². The van der Waals surface area contributed by atoms with Gasteiger partial charge in [-0.25, -0.2) is 9.97 Å². The van der Waals surface area contributed by atoms with E-state index in [9.17, 15) is 19.5 Å². The predicted octanol–water partition coefficient (Wildman–Crippen LogP) is 9.23. The molecule has 3 N–H and O–H groups in total. The minimum absolute atomic E-state index is 0. The standard InChI is InChI=1S/C50H61N4O5.Mg/c1-10-14-36-38(27-55)43-26-44-47(33(9)56)32(8)40(51-44)24-39-31(7)35(19-20-46(58)59-22-21-30(6)18-13-17-29(5)16-12-15-28(3)4)49(53-39)37-23-45(57)48-34(11-2)41(54-50(37)48)25-42(36)52-43;/h15,17,21,24-27,31,33,35,56H,10-14,16,18-20,22-23H2,1-9H3,(H-,51,52,53,54,55,57);/q-1;+2/p+1/b29-17+,30-21+;/t31-,33+,35-;/m0./s1. The van der Waals surface area contributed by atoms with Crippen LogP contribution in [0.5, 0.6) is 0 Å². The quantitative estimate of drug-likeness (QED) is 0.0658. The van der Waals surface area contributed by atoms with Crippen molar-refractivity contribution in [2.24, 2.45) is 0 Å². The number of ether oxygens (including phenoxy) is 1. The molecule has 0 saturated heterocycles. The van der Waals surface area contributed by atoms with Gasteiger partial charge in [0.05, 0.1) is 23.5 Å². The Kier molecular flexibility index (Phi) is 15.9. The number of allylic oxidation sites excluding steroid dienone is 7. The summed E-state index contributed by atoms with van der Waals surface area (Å²) < 4.78 is 5.73. The summed E-state index contributed by atoms with van der Waals surface area (Å²) in [6.45, 7) is 18.7. The van der Waals surface area contributed by atoms with E-state index in [1.54, 1.807) is 6.92 Å². The number of rotatable bonds is 16. The number of aryl methyl sites for hydroxylation is 2. The smallest absolute Gasteiger partial charge is 0.657 e. The van der Waals surface area contributed by atoms with E-state index in [1.807, 2.05) is 38.1 Å². The number of carbonyl (C=O) groups excluding carboxylic acids is 3. The summed E-state index contributed by atoms with van der Waals surface area (Å²) in [6, 6.07) is 5.86. The van der Waals surface area contributed by atoms with Crippen LogP contribution in [-0.2, 0) is 27.2 Å². The number of esters is 1. The molecule has 1 aliphatic carbocycles. The molecule has 0 saturated carbocycles. The number of aliphatic hydroxyl groups is 1. The number of hydrogen-bond donors (Lipinski definition) is 1. The van der Waals surface area contributed by atoms with Crippen molar-refractivity contribution in [3.63, 3.8) is 0 Å². The van der Waals surface area contributed by atoms with Crippen molar-refractivity contribution in [1.82, 2.24) is 9.97 Å². The van der Waals surface area contributed by atoms with Crippen molar-refractivity contribution in [2.75, 3.05) is 6.61 Å². The molecule has 0 radical (unpaired) electrons. The molecule has 9 nitrogen and oxygen atoms in total. The molecule has 0 spiro atoms. The van der Waals surface area contributed by atoms with E-state index in [2.05, 4.69) is 63.7 Å². The third kappa shape index (κ3) is 10.0. The van der Waals surface area contributed by atoms with Crippen molar-refractivity contribution in [3.05, 3.63) is 104 Å². The number of Topliss-reactive ketones (excluding diaryl/α,β-unsaturated/α-hetero) is 1. The molecule has 312 valence electrons. The number of aromatic amines is 2. The largest absolute Gasteiger partial charge is 2.00 e. The van der Waals surface area contributed by atoms with Gasteiger partial charge in [0.25, 0.3) is 0 Å². The monoisotopic (exact) mass is 822 g/mol. The number of nitrogens with zero attached hydrogens (tertiary/aromatic N) is 2. The van der Waals surface area contributed by atoms with Crippen molar-refractivity contribution in [2.45, 2.75) is 144 Å². The normalized spacial score (nSPS) is 16.9. The Morgan fingerprint density at radius 1 is 0.950 bits per heavy atom. The summed E-state index contributed by atoms with van der Waals surface area (Å²) in [5.41, 5.74) is 15.3. The van der Waals surface area contributed by atoms with Gasteiger partial charge in [-0.05, 0) is 116 Å². The average molecular weight is 823 g/mol. The van der Waals surface area contributed by atoms with Gasteiger partial charge in [0.2, 0.25) is 11.4 Å². The fourth-order valence-electron chi connectivity index (χ4n) is 9.01. The second-order valence-electron chi connectivity index (χ2n) is 16.9. The van der Waals surface area contributed by atoms with E-state index in [-0.39, 0.29) is 66.1 Å². The van der Waals surface area contributed by atoms with E-state index in [4.69, 9.17) is 14.7 Å². The van der Waals surface area contributed by atoms with Crippen LogP contribution in [0, 0.1) is 6.92 Å². The molecule has 0 unspecified atom stereocenters. The predicted molar refractivity (Wildman–Crippen MR) is 240 cm³/mol. The van der Waals surface area contributed by atoms with Crippen molar-refractivity contribution >= 4 is 74.3 Å². The minimum Gasteiger partial charge on any atom is -0.657 e. The summed E-state index contributed by atoms with van der Waals surface area (Å²) in [6.07, 6.45) is 13.8. The van der Waals surface area contributed by atoms with E-state index in [0.29, 0.717) is 63.7 Å². The molecule has 8 bridgehead atoms. The molecule has 3 aliphatic rings. The molecular weight excluding hydrogens is 761 g/mol. The first-order valence-electron chi connectivity index (χ1n) is 21.6. The Hall–Kier alpha value is -4.38. The molecule has 3 aromatic heterocycles. The molecule has 5 heterocycles. The zero-order valence-corrected chi connectivity index (χ0v) is 38.6. The number of aldehydes is 1. The average Bonchev–Trinajstić information content (AvgIpc) is 3.95. The van der Waals surface area contributed by atoms with Gasteiger partial charge in [-0.15, -0.1) is 22.1 Å². The Bertz CT molecular complexity index is 2440. The summed E-state index contributed by atoms with van der Waals surface area (Å²) in [4.78, 5) is 57.3. The maximum atomic E-state index is 13.9. The zero-order chi connectivity index (χ0) is 42.5. The molecule has 2 aliphatic heterocycles. The van der Waals surface area contributed by atoms with Crippen molar-refractivity contribution in [1.29, 1.82) is 0 Å². The Balaban J connectivity index is 0.00000683. The third-order valence-electron chi connectivity index (χ3n) is 12.3. The topological polar surface area (TPSA) is 137 Å². The molecule has 3 atom stereocenters. The van der Waals surface area contributed by atoms with Gasteiger partial charge in [-0.2, -0.15) is 0 Å². The number of fused-ring (bicyclic) bond motifs is 8. The van der Waals surface area contributed by atoms with Crippen LogP contribution in [0.4, 0.5) is 0 Å². The molecule has 0 aromatic carbocycles. The molecule has 60 heavy (non-hydrogen) atoms. The molecular formula is C50H62MgN4O5+2. The number of nitrogens with one attached hydrogen (secondary N) is 2. The van der Waals surface area contributed by atoms with E-state index >= 15 is 0 Å². The number of carbonyl (C=O) groups is 3. The Morgan fingerprint density at radius 3 is 2.32 bits per heavy atom. The number of hydrogen-bond acceptors (Lipinski definition) is 5. The van der Waals surface area contributed by atoms with Crippen LogP contribution in [0.2, 0.25) is 0 Å². The zero-order valence-electron chi connectivity index (χ0n) is 37.2. The van der Waals surface area contributed by atoms with Gasteiger partial charge in [0, 0.05) is 29.5 Å². The van der Waals surface area contributed by atoms with E-state index in [1.165, 1.54) is 16.7 Å². The molecule has 10 heteroatoms. The molecule has 0 fully saturated rings.